The van der Waals surface area contributed by atoms with Crippen LogP contribution >= 0.6 is 11.6 Å². The van der Waals surface area contributed by atoms with Gasteiger partial charge in [0.05, 0.1) is 5.56 Å². The van der Waals surface area contributed by atoms with E-state index in [0.29, 0.717) is 38.0 Å². The molecule has 0 bridgehead atoms. The Morgan fingerprint density at radius 3 is 2.50 bits per heavy atom. The molecule has 0 atom stereocenters. The molecule has 4 rings (SSSR count). The predicted molar refractivity (Wildman–Crippen MR) is 110 cm³/mol. The molecule has 1 aromatic carbocycles. The average Bonchev–Trinajstić information content (AvgIpc) is 3.36. The Balaban J connectivity index is 1.44. The van der Waals surface area contributed by atoms with Crippen molar-refractivity contribution in [2.45, 2.75) is 50.2 Å². The van der Waals surface area contributed by atoms with Gasteiger partial charge in [-0.2, -0.15) is 23.0 Å². The number of likely N-dealkylation sites (tertiary alicyclic amines) is 2. The molecule has 7 nitrogen and oxygen atoms in total. The number of benzene rings is 1. The Labute approximate surface area is 188 Å². The first-order chi connectivity index (χ1) is 15.1. The number of aliphatic hydroxyl groups excluding tert-OH is 1. The number of carbonyl (C=O) groups excluding carboxylic acids is 1. The highest BCUT2D eigenvalue weighted by Gasteiger charge is 2.44. The summed E-state index contributed by atoms with van der Waals surface area (Å²) in [6, 6.07) is 4.69. The van der Waals surface area contributed by atoms with Crippen LogP contribution in [-0.2, 0) is 12.7 Å². The van der Waals surface area contributed by atoms with Crippen molar-refractivity contribution < 1.29 is 28.2 Å². The van der Waals surface area contributed by atoms with Crippen molar-refractivity contribution >= 4 is 17.6 Å². The van der Waals surface area contributed by atoms with Gasteiger partial charge in [-0.25, -0.2) is 4.79 Å². The Bertz CT molecular complexity index is 987. The number of nitrogens with zero attached hydrogens (tertiary/aromatic N) is 4. The summed E-state index contributed by atoms with van der Waals surface area (Å²) in [5.41, 5.74) is -0.404. The van der Waals surface area contributed by atoms with Crippen LogP contribution in [-0.4, -0.2) is 61.0 Å². The number of amides is 1. The van der Waals surface area contributed by atoms with Crippen LogP contribution in [0.5, 0.6) is 0 Å². The number of piperidine rings is 1. The molecule has 174 valence electrons. The molecule has 11 heteroatoms. The largest absolute Gasteiger partial charge is 0.416 e. The zero-order chi connectivity index (χ0) is 23.1. The maximum absolute atomic E-state index is 13.2. The molecule has 0 unspecified atom stereocenters. The number of carbonyl (C=O) groups is 1. The Kier molecular flexibility index (Phi) is 6.23. The van der Waals surface area contributed by atoms with Crippen molar-refractivity contribution in [1.29, 1.82) is 0 Å². The normalized spacial score (nSPS) is 19.3. The quantitative estimate of drug-likeness (QED) is 0.667. The standard InChI is InChI=1S/C21H24ClF3N4O3/c22-16-11-14(10-15(12-16)21(23,24)25)13-28-6-1-3-20(28)4-8-27(9-5-20)19(32)29-7-2-17(26-29)18(30)31/h2,7,10-12,18,30-31H,1,3-6,8-9,13H2. The summed E-state index contributed by atoms with van der Waals surface area (Å²) in [5, 5.41) is 22.3. The number of rotatable bonds is 3. The second kappa shape index (κ2) is 8.66. The van der Waals surface area contributed by atoms with Crippen LogP contribution in [0.4, 0.5) is 18.0 Å². The van der Waals surface area contributed by atoms with Crippen LogP contribution in [0.15, 0.2) is 30.5 Å². The van der Waals surface area contributed by atoms with Crippen molar-refractivity contribution in [3.8, 4) is 0 Å². The molecule has 1 spiro atoms. The SMILES string of the molecule is O=C(N1CCC2(CCCN2Cc2cc(Cl)cc(C(F)(F)F)c2)CC1)n1ccc(C(O)O)n1. The number of aromatic nitrogens is 2. The zero-order valence-corrected chi connectivity index (χ0v) is 18.0. The lowest BCUT2D eigenvalue weighted by Gasteiger charge is -2.45. The average molecular weight is 473 g/mol. The van der Waals surface area contributed by atoms with Gasteiger partial charge in [0.1, 0.15) is 5.69 Å². The van der Waals surface area contributed by atoms with Gasteiger partial charge in [-0.3, -0.25) is 4.90 Å². The molecule has 2 saturated heterocycles. The van der Waals surface area contributed by atoms with E-state index < -0.39 is 18.0 Å². The van der Waals surface area contributed by atoms with Crippen molar-refractivity contribution in [1.82, 2.24) is 19.6 Å². The van der Waals surface area contributed by atoms with E-state index in [9.17, 15) is 28.2 Å². The second-order valence-corrected chi connectivity index (χ2v) is 8.86. The molecular weight excluding hydrogens is 449 g/mol. The number of hydrogen-bond acceptors (Lipinski definition) is 5. The van der Waals surface area contributed by atoms with Gasteiger partial charge >= 0.3 is 12.2 Å². The van der Waals surface area contributed by atoms with E-state index in [1.807, 2.05) is 0 Å². The molecule has 1 aromatic heterocycles. The third-order valence-corrected chi connectivity index (χ3v) is 6.65. The summed E-state index contributed by atoms with van der Waals surface area (Å²) in [6.45, 7) is 2.11. The maximum Gasteiger partial charge on any atom is 0.416 e. The highest BCUT2D eigenvalue weighted by atomic mass is 35.5. The summed E-state index contributed by atoms with van der Waals surface area (Å²) in [5.74, 6) is 0. The van der Waals surface area contributed by atoms with Crippen LogP contribution in [0.25, 0.3) is 0 Å². The van der Waals surface area contributed by atoms with Gasteiger partial charge < -0.3 is 15.1 Å². The summed E-state index contributed by atoms with van der Waals surface area (Å²) in [6.07, 6.45) is -1.55. The molecule has 2 aliphatic rings. The van der Waals surface area contributed by atoms with E-state index >= 15 is 0 Å². The fraction of sp³-hybridized carbons (Fsp3) is 0.524. The van der Waals surface area contributed by atoms with Crippen LogP contribution in [0.1, 0.15) is 48.8 Å². The molecular formula is C21H24ClF3N4O3. The van der Waals surface area contributed by atoms with E-state index in [4.69, 9.17) is 11.6 Å². The van der Waals surface area contributed by atoms with Gasteiger partial charge in [-0.05, 0) is 62.1 Å². The minimum atomic E-state index is -4.45. The third kappa shape index (κ3) is 4.63. The van der Waals surface area contributed by atoms with Crippen molar-refractivity contribution in [2.75, 3.05) is 19.6 Å². The van der Waals surface area contributed by atoms with Crippen LogP contribution in [0.3, 0.4) is 0 Å². The predicted octanol–water partition coefficient (Wildman–Crippen LogP) is 3.64. The highest BCUT2D eigenvalue weighted by molar-refractivity contribution is 6.30. The third-order valence-electron chi connectivity index (χ3n) is 6.43. The molecule has 1 amide bonds. The summed E-state index contributed by atoms with van der Waals surface area (Å²) >= 11 is 5.95. The zero-order valence-electron chi connectivity index (χ0n) is 17.2. The summed E-state index contributed by atoms with van der Waals surface area (Å²) < 4.78 is 40.6. The second-order valence-electron chi connectivity index (χ2n) is 8.42. The van der Waals surface area contributed by atoms with Crippen molar-refractivity contribution in [3.63, 3.8) is 0 Å². The lowest BCUT2D eigenvalue weighted by Crippen LogP contribution is -2.53. The number of hydrogen-bond donors (Lipinski definition) is 2. The number of halogens is 4. The van der Waals surface area contributed by atoms with Crippen LogP contribution in [0.2, 0.25) is 5.02 Å². The van der Waals surface area contributed by atoms with E-state index in [2.05, 4.69) is 10.00 Å². The van der Waals surface area contributed by atoms with Crippen LogP contribution < -0.4 is 0 Å². The van der Waals surface area contributed by atoms with E-state index in [1.54, 1.807) is 11.0 Å². The van der Waals surface area contributed by atoms with Gasteiger partial charge in [0, 0.05) is 36.4 Å². The Morgan fingerprint density at radius 1 is 1.16 bits per heavy atom. The molecule has 32 heavy (non-hydrogen) atoms. The molecule has 0 radical (unpaired) electrons. The van der Waals surface area contributed by atoms with E-state index in [-0.39, 0.29) is 22.3 Å². The topological polar surface area (TPSA) is 81.8 Å². The molecule has 2 N–H and O–H groups in total. The van der Waals surface area contributed by atoms with E-state index in [1.165, 1.54) is 12.3 Å². The van der Waals surface area contributed by atoms with Gasteiger partial charge in [0.2, 0.25) is 0 Å². The van der Waals surface area contributed by atoms with Crippen LogP contribution in [0, 0.1) is 0 Å². The first-order valence-electron chi connectivity index (χ1n) is 10.4. The maximum atomic E-state index is 13.2. The van der Waals surface area contributed by atoms with Gasteiger partial charge in [0.15, 0.2) is 6.29 Å². The first-order valence-corrected chi connectivity index (χ1v) is 10.8. The van der Waals surface area contributed by atoms with Crippen molar-refractivity contribution in [2.24, 2.45) is 0 Å². The lowest BCUT2D eigenvalue weighted by molar-refractivity contribution is -0.137. The smallest absolute Gasteiger partial charge is 0.363 e. The summed E-state index contributed by atoms with van der Waals surface area (Å²) in [4.78, 5) is 16.6. The number of alkyl halides is 3. The Hall–Kier alpha value is -2.14. The van der Waals surface area contributed by atoms with Gasteiger partial charge in [-0.15, -0.1) is 0 Å². The molecule has 0 saturated carbocycles. The number of aliphatic hydroxyl groups is 2. The Morgan fingerprint density at radius 2 is 1.88 bits per heavy atom. The minimum absolute atomic E-state index is 0.00598. The molecule has 2 fully saturated rings. The van der Waals surface area contributed by atoms with E-state index in [0.717, 1.165) is 36.2 Å². The molecule has 3 heterocycles. The first kappa shape index (κ1) is 23.0. The molecule has 0 aliphatic carbocycles. The minimum Gasteiger partial charge on any atom is -0.363 e. The van der Waals surface area contributed by atoms with Gasteiger partial charge in [-0.1, -0.05) is 11.6 Å². The van der Waals surface area contributed by atoms with Crippen molar-refractivity contribution in [3.05, 3.63) is 52.3 Å². The molecule has 2 aliphatic heterocycles. The highest BCUT2D eigenvalue weighted by Crippen LogP contribution is 2.40. The lowest BCUT2D eigenvalue weighted by atomic mass is 9.84. The summed E-state index contributed by atoms with van der Waals surface area (Å²) in [7, 11) is 0. The molecule has 2 aromatic rings. The fourth-order valence-corrected chi connectivity index (χ4v) is 5.03. The van der Waals surface area contributed by atoms with Gasteiger partial charge in [0.25, 0.3) is 0 Å². The fourth-order valence-electron chi connectivity index (χ4n) is 4.77. The monoisotopic (exact) mass is 472 g/mol.